The topological polar surface area (TPSA) is 67.8 Å². The van der Waals surface area contributed by atoms with Crippen LogP contribution in [0.4, 0.5) is 5.69 Å². The molecule has 1 aromatic carbocycles. The third kappa shape index (κ3) is 2.20. The lowest BCUT2D eigenvalue weighted by atomic mass is 9.92. The van der Waals surface area contributed by atoms with Crippen molar-refractivity contribution in [2.45, 2.75) is 12.0 Å². The molecule has 4 heteroatoms. The Balaban J connectivity index is 1.89. The first kappa shape index (κ1) is 12.1. The molecular weight excluding hydrogens is 240 g/mol. The van der Waals surface area contributed by atoms with Crippen molar-refractivity contribution in [2.24, 2.45) is 10.7 Å². The van der Waals surface area contributed by atoms with E-state index in [9.17, 15) is 5.11 Å². The maximum atomic E-state index is 9.50. The number of aliphatic hydroxyl groups excluding tert-OH is 1. The third-order valence-electron chi connectivity index (χ3n) is 3.31. The Morgan fingerprint density at radius 1 is 1.37 bits per heavy atom. The molecule has 19 heavy (non-hydrogen) atoms. The minimum Gasteiger partial charge on any atom is -0.490 e. The summed E-state index contributed by atoms with van der Waals surface area (Å²) >= 11 is 0. The highest BCUT2D eigenvalue weighted by Gasteiger charge is 2.28. The van der Waals surface area contributed by atoms with Crippen molar-refractivity contribution in [3.63, 3.8) is 0 Å². The Morgan fingerprint density at radius 2 is 2.26 bits per heavy atom. The molecular formula is C15H16N2O2. The number of hydrogen-bond acceptors (Lipinski definition) is 4. The predicted molar refractivity (Wildman–Crippen MR) is 75.1 cm³/mol. The van der Waals surface area contributed by atoms with E-state index < -0.39 is 6.10 Å². The van der Waals surface area contributed by atoms with Gasteiger partial charge in [-0.2, -0.15) is 0 Å². The van der Waals surface area contributed by atoms with Gasteiger partial charge in [-0.3, -0.25) is 4.99 Å². The van der Waals surface area contributed by atoms with Crippen molar-refractivity contribution < 1.29 is 9.84 Å². The van der Waals surface area contributed by atoms with Gasteiger partial charge in [-0.05, 0) is 18.2 Å². The largest absolute Gasteiger partial charge is 0.490 e. The van der Waals surface area contributed by atoms with E-state index in [0.29, 0.717) is 0 Å². The first-order valence-electron chi connectivity index (χ1n) is 6.37. The summed E-state index contributed by atoms with van der Waals surface area (Å²) in [7, 11) is 0. The summed E-state index contributed by atoms with van der Waals surface area (Å²) in [5.74, 6) is 0.930. The van der Waals surface area contributed by atoms with E-state index >= 15 is 0 Å². The van der Waals surface area contributed by atoms with E-state index in [0.717, 1.165) is 22.7 Å². The minimum absolute atomic E-state index is 0.159. The smallest absolute Gasteiger partial charge is 0.125 e. The predicted octanol–water partition coefficient (Wildman–Crippen LogP) is 1.68. The average Bonchev–Trinajstić information content (AvgIpc) is 2.83. The molecule has 0 saturated carbocycles. The van der Waals surface area contributed by atoms with Crippen molar-refractivity contribution in [1.82, 2.24) is 0 Å². The molecule has 1 aliphatic heterocycles. The lowest BCUT2D eigenvalue weighted by molar-refractivity contribution is 0.113. The fourth-order valence-electron chi connectivity index (χ4n) is 2.34. The molecule has 0 bridgehead atoms. The second-order valence-corrected chi connectivity index (χ2v) is 4.65. The van der Waals surface area contributed by atoms with E-state index in [1.165, 1.54) is 0 Å². The Labute approximate surface area is 111 Å². The van der Waals surface area contributed by atoms with Crippen molar-refractivity contribution in [3.8, 4) is 5.75 Å². The Morgan fingerprint density at radius 3 is 3.11 bits per heavy atom. The van der Waals surface area contributed by atoms with E-state index in [4.69, 9.17) is 10.5 Å². The first-order chi connectivity index (χ1) is 9.29. The number of allylic oxidation sites excluding steroid dienone is 4. The van der Waals surface area contributed by atoms with Crippen LogP contribution in [0.2, 0.25) is 0 Å². The molecule has 0 spiro atoms. The van der Waals surface area contributed by atoms with Gasteiger partial charge >= 0.3 is 0 Å². The maximum Gasteiger partial charge on any atom is 0.125 e. The van der Waals surface area contributed by atoms with Crippen molar-refractivity contribution in [2.75, 3.05) is 13.2 Å². The molecule has 0 fully saturated rings. The highest BCUT2D eigenvalue weighted by molar-refractivity contribution is 6.08. The van der Waals surface area contributed by atoms with Crippen LogP contribution in [0.5, 0.6) is 5.75 Å². The van der Waals surface area contributed by atoms with Crippen LogP contribution in [0, 0.1) is 0 Å². The zero-order chi connectivity index (χ0) is 13.2. The van der Waals surface area contributed by atoms with E-state index in [2.05, 4.69) is 11.1 Å². The van der Waals surface area contributed by atoms with Gasteiger partial charge in [0.15, 0.2) is 0 Å². The number of nitrogens with two attached hydrogens (primary N) is 1. The van der Waals surface area contributed by atoms with Gasteiger partial charge in [0, 0.05) is 12.1 Å². The average molecular weight is 256 g/mol. The number of ether oxygens (including phenoxy) is 1. The number of rotatable bonds is 4. The Kier molecular flexibility index (Phi) is 3.19. The van der Waals surface area contributed by atoms with Crippen molar-refractivity contribution in [1.29, 1.82) is 0 Å². The first-order valence-corrected chi connectivity index (χ1v) is 6.37. The number of benzene rings is 1. The van der Waals surface area contributed by atoms with Crippen molar-refractivity contribution in [3.05, 3.63) is 48.1 Å². The van der Waals surface area contributed by atoms with Crippen LogP contribution in [-0.4, -0.2) is 30.1 Å². The Bertz CT molecular complexity index is 576. The van der Waals surface area contributed by atoms with Crippen LogP contribution in [0.25, 0.3) is 0 Å². The summed E-state index contributed by atoms with van der Waals surface area (Å²) < 4.78 is 5.69. The number of hydrogen-bond donors (Lipinski definition) is 2. The molecule has 2 atom stereocenters. The van der Waals surface area contributed by atoms with Crippen LogP contribution < -0.4 is 10.5 Å². The second kappa shape index (κ2) is 4.99. The molecule has 0 aromatic heterocycles. The van der Waals surface area contributed by atoms with Gasteiger partial charge in [0.1, 0.15) is 18.5 Å². The van der Waals surface area contributed by atoms with Gasteiger partial charge in [0.05, 0.1) is 17.3 Å². The lowest BCUT2D eigenvalue weighted by Gasteiger charge is -2.16. The van der Waals surface area contributed by atoms with Gasteiger partial charge in [0.25, 0.3) is 0 Å². The van der Waals surface area contributed by atoms with E-state index in [-0.39, 0.29) is 19.1 Å². The molecule has 3 rings (SSSR count). The van der Waals surface area contributed by atoms with Gasteiger partial charge in [-0.25, -0.2) is 0 Å². The molecule has 2 unspecified atom stereocenters. The fraction of sp³-hybridized carbons (Fsp3) is 0.267. The minimum atomic E-state index is -0.639. The fourth-order valence-corrected chi connectivity index (χ4v) is 2.34. The highest BCUT2D eigenvalue weighted by atomic mass is 16.5. The van der Waals surface area contributed by atoms with Gasteiger partial charge < -0.3 is 15.6 Å². The zero-order valence-corrected chi connectivity index (χ0v) is 10.5. The molecule has 2 aliphatic rings. The Hall–Kier alpha value is -1.91. The second-order valence-electron chi connectivity index (χ2n) is 4.65. The quantitative estimate of drug-likeness (QED) is 0.861. The van der Waals surface area contributed by atoms with Gasteiger partial charge in [0.2, 0.25) is 0 Å². The van der Waals surface area contributed by atoms with Crippen LogP contribution >= 0.6 is 0 Å². The summed E-state index contributed by atoms with van der Waals surface area (Å²) in [6.45, 7) is 0.400. The third-order valence-corrected chi connectivity index (χ3v) is 3.31. The zero-order valence-electron chi connectivity index (χ0n) is 10.5. The molecule has 1 heterocycles. The summed E-state index contributed by atoms with van der Waals surface area (Å²) in [6.07, 6.45) is 7.49. The number of aliphatic imine (C=N–C) groups is 1. The molecule has 1 aliphatic carbocycles. The van der Waals surface area contributed by atoms with Crippen LogP contribution in [-0.2, 0) is 0 Å². The lowest BCUT2D eigenvalue weighted by Crippen LogP contribution is -2.26. The monoisotopic (exact) mass is 256 g/mol. The van der Waals surface area contributed by atoms with Crippen LogP contribution in [0.3, 0.4) is 0 Å². The highest BCUT2D eigenvalue weighted by Crippen LogP contribution is 2.43. The van der Waals surface area contributed by atoms with Crippen LogP contribution in [0.15, 0.2) is 47.5 Å². The molecule has 0 amide bonds. The summed E-state index contributed by atoms with van der Waals surface area (Å²) in [6, 6.07) is 5.80. The standard InChI is InChI=1S/C15H16N2O2/c16-8-10(18)9-19-14-7-3-6-13-15(14)11-4-1-2-5-12(11)17-13/h1-7,10-11,18H,8-9,16H2. The number of nitrogens with zero attached hydrogens (tertiary/aromatic N) is 1. The molecule has 0 radical (unpaired) electrons. The maximum absolute atomic E-state index is 9.50. The van der Waals surface area contributed by atoms with E-state index in [1.807, 2.05) is 36.4 Å². The van der Waals surface area contributed by atoms with Crippen LogP contribution in [0.1, 0.15) is 11.5 Å². The summed E-state index contributed by atoms with van der Waals surface area (Å²) in [4.78, 5) is 4.59. The normalized spacial score (nSPS) is 20.7. The molecule has 0 saturated heterocycles. The number of fused-ring (bicyclic) bond motifs is 3. The van der Waals surface area contributed by atoms with Gasteiger partial charge in [-0.1, -0.05) is 24.3 Å². The molecule has 1 aromatic rings. The van der Waals surface area contributed by atoms with E-state index in [1.54, 1.807) is 0 Å². The molecule has 3 N–H and O–H groups in total. The molecule has 98 valence electrons. The molecule has 4 nitrogen and oxygen atoms in total. The summed E-state index contributed by atoms with van der Waals surface area (Å²) in [5, 5.41) is 9.50. The van der Waals surface area contributed by atoms with Crippen molar-refractivity contribution >= 4 is 11.4 Å². The number of aliphatic hydroxyl groups is 1. The SMILES string of the molecule is NCC(O)COc1cccc2c1C1C=CC=CC1=N2. The van der Waals surface area contributed by atoms with Gasteiger partial charge in [-0.15, -0.1) is 0 Å². The summed E-state index contributed by atoms with van der Waals surface area (Å²) in [5.41, 5.74) is 8.43.